The minimum absolute atomic E-state index is 0.373. The van der Waals surface area contributed by atoms with Gasteiger partial charge in [0.15, 0.2) is 5.82 Å². The fourth-order valence-electron chi connectivity index (χ4n) is 2.32. The molecule has 2 N–H and O–H groups in total. The van der Waals surface area contributed by atoms with Crippen LogP contribution in [0.3, 0.4) is 0 Å². The number of ether oxygens (including phenoxy) is 2. The molecule has 1 unspecified atom stereocenters. The van der Waals surface area contributed by atoms with Gasteiger partial charge in [-0.2, -0.15) is 0 Å². The minimum Gasteiger partial charge on any atom is -0.384 e. The number of anilines is 2. The van der Waals surface area contributed by atoms with Crippen LogP contribution in [0.15, 0.2) is 6.07 Å². The van der Waals surface area contributed by atoms with E-state index in [1.807, 2.05) is 7.05 Å². The van der Waals surface area contributed by atoms with Crippen LogP contribution in [0, 0.1) is 5.92 Å². The Morgan fingerprint density at radius 1 is 1.53 bits per heavy atom. The average Bonchev–Trinajstić information content (AvgIpc) is 2.39. The monoisotopic (exact) mass is 266 g/mol. The molecule has 0 aromatic carbocycles. The van der Waals surface area contributed by atoms with E-state index in [-0.39, 0.29) is 0 Å². The van der Waals surface area contributed by atoms with Crippen molar-refractivity contribution in [3.8, 4) is 0 Å². The zero-order valence-corrected chi connectivity index (χ0v) is 11.6. The maximum Gasteiger partial charge on any atom is 0.158 e. The smallest absolute Gasteiger partial charge is 0.158 e. The van der Waals surface area contributed by atoms with Crippen molar-refractivity contribution in [1.29, 1.82) is 0 Å². The Labute approximate surface area is 113 Å². The van der Waals surface area contributed by atoms with E-state index in [2.05, 4.69) is 14.9 Å². The van der Waals surface area contributed by atoms with Crippen LogP contribution >= 0.6 is 0 Å². The zero-order valence-electron chi connectivity index (χ0n) is 11.6. The third-order valence-corrected chi connectivity index (χ3v) is 3.23. The van der Waals surface area contributed by atoms with Gasteiger partial charge in [0, 0.05) is 33.4 Å². The molecule has 1 aromatic heterocycles. The molecule has 1 aliphatic heterocycles. The van der Waals surface area contributed by atoms with Gasteiger partial charge in [0.05, 0.1) is 6.61 Å². The minimum atomic E-state index is 0.373. The number of nitrogen functional groups attached to an aromatic ring is 1. The molecule has 1 fully saturated rings. The van der Waals surface area contributed by atoms with Gasteiger partial charge in [0.2, 0.25) is 0 Å². The Bertz CT molecular complexity index is 408. The first kappa shape index (κ1) is 14.0. The summed E-state index contributed by atoms with van der Waals surface area (Å²) in [4.78, 5) is 10.7. The summed E-state index contributed by atoms with van der Waals surface area (Å²) in [5, 5.41) is 0. The highest BCUT2D eigenvalue weighted by Crippen LogP contribution is 2.19. The molecule has 19 heavy (non-hydrogen) atoms. The summed E-state index contributed by atoms with van der Waals surface area (Å²) >= 11 is 0. The molecule has 0 spiro atoms. The van der Waals surface area contributed by atoms with Crippen LogP contribution < -0.4 is 10.6 Å². The maximum atomic E-state index is 5.80. The molecule has 6 nitrogen and oxygen atoms in total. The van der Waals surface area contributed by atoms with E-state index in [9.17, 15) is 0 Å². The fourth-order valence-corrected chi connectivity index (χ4v) is 2.32. The van der Waals surface area contributed by atoms with Gasteiger partial charge in [-0.25, -0.2) is 9.97 Å². The SMILES string of the molecule is COCc1nc(N)cc(N(C)CC2CCCOC2)n1. The molecule has 0 aliphatic carbocycles. The van der Waals surface area contributed by atoms with E-state index in [0.717, 1.165) is 32.0 Å². The van der Waals surface area contributed by atoms with Gasteiger partial charge < -0.3 is 20.1 Å². The molecule has 1 atom stereocenters. The van der Waals surface area contributed by atoms with Crippen LogP contribution in [0.1, 0.15) is 18.7 Å². The molecule has 2 heterocycles. The van der Waals surface area contributed by atoms with Gasteiger partial charge in [-0.05, 0) is 18.8 Å². The molecule has 106 valence electrons. The maximum absolute atomic E-state index is 5.80. The third kappa shape index (κ3) is 4.04. The quantitative estimate of drug-likeness (QED) is 0.859. The molecule has 0 radical (unpaired) electrons. The van der Waals surface area contributed by atoms with Gasteiger partial charge in [0.25, 0.3) is 0 Å². The Balaban J connectivity index is 2.02. The summed E-state index contributed by atoms with van der Waals surface area (Å²) in [6.45, 7) is 3.01. The lowest BCUT2D eigenvalue weighted by molar-refractivity contribution is 0.0576. The topological polar surface area (TPSA) is 73.5 Å². The van der Waals surface area contributed by atoms with Crippen molar-refractivity contribution in [2.75, 3.05) is 44.5 Å². The van der Waals surface area contributed by atoms with E-state index in [0.29, 0.717) is 24.2 Å². The Morgan fingerprint density at radius 3 is 3.05 bits per heavy atom. The Hall–Kier alpha value is -1.40. The first-order valence-corrected chi connectivity index (χ1v) is 6.60. The van der Waals surface area contributed by atoms with Crippen molar-refractivity contribution in [1.82, 2.24) is 9.97 Å². The second-order valence-electron chi connectivity index (χ2n) is 4.96. The largest absolute Gasteiger partial charge is 0.384 e. The van der Waals surface area contributed by atoms with Crippen LogP contribution in [0.5, 0.6) is 0 Å². The summed E-state index contributed by atoms with van der Waals surface area (Å²) in [5.74, 6) is 2.49. The van der Waals surface area contributed by atoms with E-state index >= 15 is 0 Å². The second kappa shape index (κ2) is 6.68. The molecular formula is C13H22N4O2. The summed E-state index contributed by atoms with van der Waals surface area (Å²) in [6, 6.07) is 1.79. The van der Waals surface area contributed by atoms with Crippen LogP contribution in [-0.2, 0) is 16.1 Å². The van der Waals surface area contributed by atoms with Gasteiger partial charge in [-0.15, -0.1) is 0 Å². The number of hydrogen-bond acceptors (Lipinski definition) is 6. The van der Waals surface area contributed by atoms with Crippen LogP contribution in [0.4, 0.5) is 11.6 Å². The zero-order chi connectivity index (χ0) is 13.7. The molecule has 0 bridgehead atoms. The van der Waals surface area contributed by atoms with Crippen molar-refractivity contribution in [2.45, 2.75) is 19.4 Å². The lowest BCUT2D eigenvalue weighted by atomic mass is 10.0. The molecule has 0 saturated carbocycles. The van der Waals surface area contributed by atoms with Crippen LogP contribution in [0.25, 0.3) is 0 Å². The lowest BCUT2D eigenvalue weighted by Gasteiger charge is -2.28. The van der Waals surface area contributed by atoms with Gasteiger partial charge in [-0.3, -0.25) is 0 Å². The van der Waals surface area contributed by atoms with E-state index in [1.54, 1.807) is 13.2 Å². The molecule has 1 aromatic rings. The highest BCUT2D eigenvalue weighted by Gasteiger charge is 2.17. The Morgan fingerprint density at radius 2 is 2.37 bits per heavy atom. The first-order valence-electron chi connectivity index (χ1n) is 6.60. The van der Waals surface area contributed by atoms with Gasteiger partial charge >= 0.3 is 0 Å². The standard InChI is InChI=1S/C13H22N4O2/c1-17(7-10-4-3-5-19-8-10)13-6-11(14)15-12(16-13)9-18-2/h6,10H,3-5,7-9H2,1-2H3,(H2,14,15,16). The summed E-state index contributed by atoms with van der Waals surface area (Å²) in [6.07, 6.45) is 2.34. The summed E-state index contributed by atoms with van der Waals surface area (Å²) in [7, 11) is 3.64. The number of nitrogens with zero attached hydrogens (tertiary/aromatic N) is 3. The molecular weight excluding hydrogens is 244 g/mol. The number of nitrogens with two attached hydrogens (primary N) is 1. The summed E-state index contributed by atoms with van der Waals surface area (Å²) in [5.41, 5.74) is 5.80. The number of rotatable bonds is 5. The summed E-state index contributed by atoms with van der Waals surface area (Å²) < 4.78 is 10.5. The van der Waals surface area contributed by atoms with Crippen molar-refractivity contribution < 1.29 is 9.47 Å². The fraction of sp³-hybridized carbons (Fsp3) is 0.692. The van der Waals surface area contributed by atoms with Crippen LogP contribution in [-0.4, -0.2) is 43.9 Å². The molecule has 1 aliphatic rings. The number of aromatic nitrogens is 2. The van der Waals surface area contributed by atoms with E-state index in [1.165, 1.54) is 6.42 Å². The average molecular weight is 266 g/mol. The molecule has 0 amide bonds. The molecule has 2 rings (SSSR count). The van der Waals surface area contributed by atoms with Crippen molar-refractivity contribution >= 4 is 11.6 Å². The van der Waals surface area contributed by atoms with Crippen molar-refractivity contribution in [3.63, 3.8) is 0 Å². The number of hydrogen-bond donors (Lipinski definition) is 1. The normalized spacial score (nSPS) is 19.4. The van der Waals surface area contributed by atoms with Crippen molar-refractivity contribution in [3.05, 3.63) is 11.9 Å². The Kier molecular flexibility index (Phi) is 4.93. The number of methoxy groups -OCH3 is 1. The van der Waals surface area contributed by atoms with Crippen LogP contribution in [0.2, 0.25) is 0 Å². The van der Waals surface area contributed by atoms with E-state index < -0.39 is 0 Å². The highest BCUT2D eigenvalue weighted by molar-refractivity contribution is 5.46. The predicted octanol–water partition coefficient (Wildman–Crippen LogP) is 1.07. The second-order valence-corrected chi connectivity index (χ2v) is 4.96. The third-order valence-electron chi connectivity index (χ3n) is 3.23. The first-order chi connectivity index (χ1) is 9.19. The highest BCUT2D eigenvalue weighted by atomic mass is 16.5. The van der Waals surface area contributed by atoms with Gasteiger partial charge in [0.1, 0.15) is 18.2 Å². The lowest BCUT2D eigenvalue weighted by Crippen LogP contribution is -2.31. The molecule has 1 saturated heterocycles. The van der Waals surface area contributed by atoms with E-state index in [4.69, 9.17) is 15.2 Å². The molecule has 6 heteroatoms. The van der Waals surface area contributed by atoms with Gasteiger partial charge in [-0.1, -0.05) is 0 Å². The van der Waals surface area contributed by atoms with Crippen molar-refractivity contribution in [2.24, 2.45) is 5.92 Å². The predicted molar refractivity (Wildman–Crippen MR) is 74.0 cm³/mol.